The van der Waals surface area contributed by atoms with Crippen LogP contribution in [0.2, 0.25) is 5.02 Å². The number of halogens is 1. The number of nitrogens with one attached hydrogen (secondary N) is 2. The Morgan fingerprint density at radius 1 is 1.29 bits per heavy atom. The Balaban J connectivity index is 2.13. The van der Waals surface area contributed by atoms with Gasteiger partial charge in [-0.25, -0.2) is 13.1 Å². The molecular formula is C15H23ClN2O2S. The van der Waals surface area contributed by atoms with E-state index in [-0.39, 0.29) is 15.3 Å². The van der Waals surface area contributed by atoms with Crippen LogP contribution in [0.5, 0.6) is 0 Å². The van der Waals surface area contributed by atoms with Crippen LogP contribution in [0.25, 0.3) is 0 Å². The van der Waals surface area contributed by atoms with Gasteiger partial charge in [0, 0.05) is 19.1 Å². The maximum atomic E-state index is 12.4. The van der Waals surface area contributed by atoms with Gasteiger partial charge in [-0.15, -0.1) is 0 Å². The third-order valence-electron chi connectivity index (χ3n) is 3.25. The smallest absolute Gasteiger partial charge is 0.242 e. The first-order valence-corrected chi connectivity index (χ1v) is 9.05. The van der Waals surface area contributed by atoms with Gasteiger partial charge in [0.25, 0.3) is 0 Å². The highest BCUT2D eigenvalue weighted by molar-refractivity contribution is 7.89. The molecular weight excluding hydrogens is 308 g/mol. The average molecular weight is 331 g/mol. The van der Waals surface area contributed by atoms with Crippen LogP contribution in [0.1, 0.15) is 39.2 Å². The molecule has 1 aromatic carbocycles. The Hall–Kier alpha value is -0.620. The molecule has 1 aromatic rings. The number of sulfonamides is 1. The van der Waals surface area contributed by atoms with Crippen LogP contribution in [-0.2, 0) is 16.6 Å². The van der Waals surface area contributed by atoms with Gasteiger partial charge in [0.1, 0.15) is 4.90 Å². The molecule has 0 amide bonds. The first kappa shape index (κ1) is 16.7. The molecule has 0 aliphatic heterocycles. The topological polar surface area (TPSA) is 58.2 Å². The fraction of sp³-hybridized carbons (Fsp3) is 0.600. The van der Waals surface area contributed by atoms with E-state index in [0.29, 0.717) is 19.1 Å². The van der Waals surface area contributed by atoms with Crippen molar-refractivity contribution in [2.75, 3.05) is 6.54 Å². The highest BCUT2D eigenvalue weighted by Gasteiger charge is 2.23. The van der Waals surface area contributed by atoms with Crippen molar-refractivity contribution in [3.63, 3.8) is 0 Å². The van der Waals surface area contributed by atoms with Crippen molar-refractivity contribution in [3.05, 3.63) is 28.8 Å². The van der Waals surface area contributed by atoms with Crippen molar-refractivity contribution in [2.24, 2.45) is 5.41 Å². The van der Waals surface area contributed by atoms with Gasteiger partial charge >= 0.3 is 0 Å². The summed E-state index contributed by atoms with van der Waals surface area (Å²) in [7, 11) is -3.58. The molecule has 0 saturated heterocycles. The molecule has 0 aromatic heterocycles. The van der Waals surface area contributed by atoms with Gasteiger partial charge in [0.15, 0.2) is 0 Å². The molecule has 1 aliphatic carbocycles. The largest absolute Gasteiger partial charge is 0.310 e. The van der Waals surface area contributed by atoms with Crippen molar-refractivity contribution in [2.45, 2.75) is 51.1 Å². The maximum absolute atomic E-state index is 12.4. The summed E-state index contributed by atoms with van der Waals surface area (Å²) in [6.45, 7) is 6.98. The number of hydrogen-bond donors (Lipinski definition) is 2. The second-order valence-electron chi connectivity index (χ2n) is 6.81. The molecule has 21 heavy (non-hydrogen) atoms. The van der Waals surface area contributed by atoms with Crippen molar-refractivity contribution in [3.8, 4) is 0 Å². The lowest BCUT2D eigenvalue weighted by atomic mass is 9.98. The van der Waals surface area contributed by atoms with E-state index in [1.807, 2.05) is 26.8 Å². The second kappa shape index (κ2) is 6.24. The molecule has 4 nitrogen and oxygen atoms in total. The van der Waals surface area contributed by atoms with E-state index in [1.54, 1.807) is 12.1 Å². The third-order valence-corrected chi connectivity index (χ3v) is 5.13. The molecule has 2 rings (SSSR count). The van der Waals surface area contributed by atoms with E-state index < -0.39 is 10.0 Å². The summed E-state index contributed by atoms with van der Waals surface area (Å²) in [6, 6.07) is 5.75. The predicted molar refractivity (Wildman–Crippen MR) is 86.0 cm³/mol. The average Bonchev–Trinajstić information content (AvgIpc) is 3.19. The lowest BCUT2D eigenvalue weighted by molar-refractivity contribution is 0.407. The minimum Gasteiger partial charge on any atom is -0.310 e. The monoisotopic (exact) mass is 330 g/mol. The third kappa shape index (κ3) is 5.25. The number of benzene rings is 1. The van der Waals surface area contributed by atoms with Gasteiger partial charge in [-0.3, -0.25) is 0 Å². The van der Waals surface area contributed by atoms with Gasteiger partial charge in [-0.2, -0.15) is 0 Å². The van der Waals surface area contributed by atoms with E-state index in [2.05, 4.69) is 10.0 Å². The van der Waals surface area contributed by atoms with Crippen molar-refractivity contribution in [1.82, 2.24) is 10.0 Å². The van der Waals surface area contributed by atoms with Crippen LogP contribution in [0.15, 0.2) is 23.1 Å². The van der Waals surface area contributed by atoms with E-state index in [9.17, 15) is 8.42 Å². The zero-order chi connectivity index (χ0) is 15.7. The fourth-order valence-corrected chi connectivity index (χ4v) is 3.63. The normalized spacial score (nSPS) is 16.2. The lowest BCUT2D eigenvalue weighted by Crippen LogP contribution is -2.32. The minimum atomic E-state index is -3.58. The molecule has 0 atom stereocenters. The highest BCUT2D eigenvalue weighted by atomic mass is 35.5. The second-order valence-corrected chi connectivity index (χ2v) is 8.95. The Labute approximate surface area is 132 Å². The van der Waals surface area contributed by atoms with Gasteiger partial charge in [0.05, 0.1) is 5.02 Å². The summed E-state index contributed by atoms with van der Waals surface area (Å²) in [4.78, 5) is 0.156. The molecule has 6 heteroatoms. The molecule has 0 spiro atoms. The van der Waals surface area contributed by atoms with Crippen LogP contribution < -0.4 is 10.0 Å². The van der Waals surface area contributed by atoms with E-state index in [1.165, 1.54) is 12.8 Å². The summed E-state index contributed by atoms with van der Waals surface area (Å²) < 4.78 is 27.4. The molecule has 0 radical (unpaired) electrons. The van der Waals surface area contributed by atoms with Crippen LogP contribution in [0.4, 0.5) is 0 Å². The summed E-state index contributed by atoms with van der Waals surface area (Å²) in [5, 5.41) is 3.63. The first-order chi connectivity index (χ1) is 9.67. The van der Waals surface area contributed by atoms with E-state index >= 15 is 0 Å². The molecule has 118 valence electrons. The van der Waals surface area contributed by atoms with Gasteiger partial charge < -0.3 is 5.32 Å². The van der Waals surface area contributed by atoms with Crippen LogP contribution in [-0.4, -0.2) is 21.0 Å². The number of hydrogen-bond acceptors (Lipinski definition) is 3. The van der Waals surface area contributed by atoms with E-state index in [0.717, 1.165) is 5.56 Å². The molecule has 0 heterocycles. The Morgan fingerprint density at radius 3 is 2.52 bits per heavy atom. The summed E-state index contributed by atoms with van der Waals surface area (Å²) >= 11 is 6.07. The Bertz CT molecular complexity index is 605. The molecule has 1 saturated carbocycles. The van der Waals surface area contributed by atoms with Crippen LogP contribution >= 0.6 is 11.6 Å². The van der Waals surface area contributed by atoms with Gasteiger partial charge in [-0.1, -0.05) is 38.4 Å². The summed E-state index contributed by atoms with van der Waals surface area (Å²) in [5.41, 5.74) is 0.812. The Kier molecular flexibility index (Phi) is 4.98. The molecule has 1 fully saturated rings. The molecule has 2 N–H and O–H groups in total. The zero-order valence-electron chi connectivity index (χ0n) is 12.7. The molecule has 0 unspecified atom stereocenters. The first-order valence-electron chi connectivity index (χ1n) is 7.19. The Morgan fingerprint density at radius 2 is 1.95 bits per heavy atom. The van der Waals surface area contributed by atoms with Crippen LogP contribution in [0.3, 0.4) is 0 Å². The van der Waals surface area contributed by atoms with E-state index in [4.69, 9.17) is 11.6 Å². The zero-order valence-corrected chi connectivity index (χ0v) is 14.3. The summed E-state index contributed by atoms with van der Waals surface area (Å²) in [5.74, 6) is 0. The van der Waals surface area contributed by atoms with Crippen molar-refractivity contribution >= 4 is 21.6 Å². The lowest BCUT2D eigenvalue weighted by Gasteiger charge is -2.19. The van der Waals surface area contributed by atoms with Crippen LogP contribution in [0, 0.1) is 5.41 Å². The SMILES string of the molecule is CC(C)(C)CNS(=O)(=O)c1cc(CNC2CC2)ccc1Cl. The van der Waals surface area contributed by atoms with Crippen molar-refractivity contribution in [1.29, 1.82) is 0 Å². The maximum Gasteiger partial charge on any atom is 0.242 e. The minimum absolute atomic E-state index is 0.120. The standard InChI is InChI=1S/C15H23ClN2O2S/c1-15(2,3)10-18-21(19,20)14-8-11(4-7-13(14)16)9-17-12-5-6-12/h4,7-8,12,17-18H,5-6,9-10H2,1-3H3. The quantitative estimate of drug-likeness (QED) is 0.843. The number of rotatable bonds is 6. The summed E-state index contributed by atoms with van der Waals surface area (Å²) in [6.07, 6.45) is 2.40. The molecule has 1 aliphatic rings. The van der Waals surface area contributed by atoms with Gasteiger partial charge in [-0.05, 0) is 36.0 Å². The molecule has 0 bridgehead atoms. The van der Waals surface area contributed by atoms with Crippen molar-refractivity contribution < 1.29 is 8.42 Å². The van der Waals surface area contributed by atoms with Gasteiger partial charge in [0.2, 0.25) is 10.0 Å². The fourth-order valence-electron chi connectivity index (χ4n) is 1.80. The highest BCUT2D eigenvalue weighted by Crippen LogP contribution is 2.24. The predicted octanol–water partition coefficient (Wildman–Crippen LogP) is 2.92.